The van der Waals surface area contributed by atoms with Crippen LogP contribution in [-0.2, 0) is 0 Å². The summed E-state index contributed by atoms with van der Waals surface area (Å²) >= 11 is 3.46. The Kier molecular flexibility index (Phi) is 7.84. The van der Waals surface area contributed by atoms with E-state index in [1.54, 1.807) is 18.3 Å². The highest BCUT2D eigenvalue weighted by atomic mass is 79.9. The second-order valence-corrected chi connectivity index (χ2v) is 8.21. The standard InChI is InChI=1S/C27H20BrN5O2/c28-22-13-14-24(35-15-7-10-19-8-3-1-4-9-19)21(16-22)18-30-33-27-31-25(20-11-5-2-6-12-20)23(17-29)26(34)32-27/h1-14,16,18H,15H2,(H2,31,32,33,34). The summed E-state index contributed by atoms with van der Waals surface area (Å²) in [5, 5.41) is 13.6. The molecule has 0 bridgehead atoms. The Morgan fingerprint density at radius 1 is 1.09 bits per heavy atom. The summed E-state index contributed by atoms with van der Waals surface area (Å²) in [5.41, 5.74) is 4.90. The van der Waals surface area contributed by atoms with Crippen LogP contribution in [0.15, 0.2) is 99.3 Å². The van der Waals surface area contributed by atoms with Crippen LogP contribution in [0.25, 0.3) is 17.3 Å². The first kappa shape index (κ1) is 23.7. The highest BCUT2D eigenvalue weighted by molar-refractivity contribution is 9.10. The number of H-pyrrole nitrogens is 1. The number of hydrazone groups is 1. The Labute approximate surface area is 210 Å². The summed E-state index contributed by atoms with van der Waals surface area (Å²) in [7, 11) is 0. The van der Waals surface area contributed by atoms with Crippen molar-refractivity contribution in [2.24, 2.45) is 5.10 Å². The van der Waals surface area contributed by atoms with Gasteiger partial charge in [-0.15, -0.1) is 0 Å². The fraction of sp³-hybridized carbons (Fsp3) is 0.0370. The van der Waals surface area contributed by atoms with E-state index in [2.05, 4.69) is 36.4 Å². The van der Waals surface area contributed by atoms with Gasteiger partial charge in [-0.05, 0) is 29.8 Å². The predicted molar refractivity (Wildman–Crippen MR) is 141 cm³/mol. The Hall–Kier alpha value is -4.48. The number of nitriles is 1. The lowest BCUT2D eigenvalue weighted by atomic mass is 10.1. The number of aromatic amines is 1. The average molecular weight is 526 g/mol. The number of hydrogen-bond acceptors (Lipinski definition) is 6. The third-order valence-corrected chi connectivity index (χ3v) is 5.36. The summed E-state index contributed by atoms with van der Waals surface area (Å²) in [6, 6.07) is 26.5. The summed E-state index contributed by atoms with van der Waals surface area (Å²) in [6.45, 7) is 0.385. The first-order valence-corrected chi connectivity index (χ1v) is 11.5. The van der Waals surface area contributed by atoms with Crippen LogP contribution >= 0.6 is 15.9 Å². The van der Waals surface area contributed by atoms with Crippen molar-refractivity contribution in [2.75, 3.05) is 12.0 Å². The predicted octanol–water partition coefficient (Wildman–Crippen LogP) is 5.61. The van der Waals surface area contributed by atoms with Gasteiger partial charge in [0.1, 0.15) is 24.0 Å². The minimum atomic E-state index is -0.546. The maximum Gasteiger partial charge on any atom is 0.270 e. The zero-order chi connectivity index (χ0) is 24.5. The van der Waals surface area contributed by atoms with Crippen molar-refractivity contribution in [2.45, 2.75) is 0 Å². The first-order chi connectivity index (χ1) is 17.1. The normalized spacial score (nSPS) is 11.0. The molecule has 0 fully saturated rings. The third kappa shape index (κ3) is 6.31. The van der Waals surface area contributed by atoms with Crippen LogP contribution in [0, 0.1) is 11.3 Å². The van der Waals surface area contributed by atoms with Crippen LogP contribution < -0.4 is 15.7 Å². The molecule has 4 aromatic rings. The maximum atomic E-state index is 12.4. The van der Waals surface area contributed by atoms with Crippen molar-refractivity contribution in [3.8, 4) is 23.1 Å². The lowest BCUT2D eigenvalue weighted by molar-refractivity contribution is 0.363. The summed E-state index contributed by atoms with van der Waals surface area (Å²) in [4.78, 5) is 19.3. The van der Waals surface area contributed by atoms with Crippen molar-refractivity contribution < 1.29 is 4.74 Å². The highest BCUT2D eigenvalue weighted by Crippen LogP contribution is 2.22. The molecule has 0 aliphatic heterocycles. The van der Waals surface area contributed by atoms with E-state index in [1.165, 1.54) is 0 Å². The number of halogens is 1. The minimum absolute atomic E-state index is 0.0584. The van der Waals surface area contributed by atoms with Crippen LogP contribution in [-0.4, -0.2) is 22.8 Å². The van der Waals surface area contributed by atoms with Crippen LogP contribution in [0.2, 0.25) is 0 Å². The zero-order valence-electron chi connectivity index (χ0n) is 18.5. The van der Waals surface area contributed by atoms with Crippen molar-refractivity contribution >= 4 is 34.2 Å². The van der Waals surface area contributed by atoms with E-state index in [1.807, 2.05) is 85.0 Å². The molecule has 1 heterocycles. The Morgan fingerprint density at radius 2 is 1.83 bits per heavy atom. The van der Waals surface area contributed by atoms with Crippen LogP contribution in [0.4, 0.5) is 5.95 Å². The molecule has 172 valence electrons. The van der Waals surface area contributed by atoms with Crippen molar-refractivity contribution in [3.05, 3.63) is 116 Å². The summed E-state index contributed by atoms with van der Waals surface area (Å²) < 4.78 is 6.77. The SMILES string of the molecule is N#Cc1c(-c2ccccc2)nc(NN=Cc2cc(Br)ccc2OCC=Cc2ccccc2)[nH]c1=O. The largest absolute Gasteiger partial charge is 0.489 e. The molecule has 35 heavy (non-hydrogen) atoms. The number of aromatic nitrogens is 2. The van der Waals surface area contributed by atoms with E-state index in [0.29, 0.717) is 17.9 Å². The molecule has 3 aromatic carbocycles. The van der Waals surface area contributed by atoms with Gasteiger partial charge in [-0.3, -0.25) is 9.78 Å². The molecular formula is C27H20BrN5O2. The average Bonchev–Trinajstić information content (AvgIpc) is 2.88. The fourth-order valence-corrected chi connectivity index (χ4v) is 3.61. The molecule has 1 aromatic heterocycles. The van der Waals surface area contributed by atoms with E-state index in [0.717, 1.165) is 15.6 Å². The number of benzene rings is 3. The Morgan fingerprint density at radius 3 is 2.57 bits per heavy atom. The smallest absolute Gasteiger partial charge is 0.270 e. The molecule has 8 heteroatoms. The molecule has 0 aliphatic carbocycles. The van der Waals surface area contributed by atoms with Crippen LogP contribution in [0.3, 0.4) is 0 Å². The number of hydrogen-bond donors (Lipinski definition) is 2. The summed E-state index contributed by atoms with van der Waals surface area (Å²) in [5.74, 6) is 0.759. The monoisotopic (exact) mass is 525 g/mol. The van der Waals surface area contributed by atoms with E-state index in [4.69, 9.17) is 4.74 Å². The number of ether oxygens (including phenoxy) is 1. The van der Waals surface area contributed by atoms with Crippen molar-refractivity contribution in [3.63, 3.8) is 0 Å². The molecule has 0 unspecified atom stereocenters. The van der Waals surface area contributed by atoms with Gasteiger partial charge in [0.25, 0.3) is 5.56 Å². The molecule has 0 saturated heterocycles. The molecule has 0 aliphatic rings. The second-order valence-electron chi connectivity index (χ2n) is 7.29. The Bertz CT molecular complexity index is 1460. The zero-order valence-corrected chi connectivity index (χ0v) is 20.1. The van der Waals surface area contributed by atoms with Crippen molar-refractivity contribution in [1.29, 1.82) is 5.26 Å². The van der Waals surface area contributed by atoms with Gasteiger partial charge in [-0.25, -0.2) is 10.4 Å². The lowest BCUT2D eigenvalue weighted by Gasteiger charge is -2.08. The number of anilines is 1. The quantitative estimate of drug-likeness (QED) is 0.230. The van der Waals surface area contributed by atoms with Gasteiger partial charge in [0.2, 0.25) is 5.95 Å². The molecule has 0 radical (unpaired) electrons. The highest BCUT2D eigenvalue weighted by Gasteiger charge is 2.13. The van der Waals surface area contributed by atoms with E-state index < -0.39 is 5.56 Å². The van der Waals surface area contributed by atoms with Gasteiger partial charge in [-0.1, -0.05) is 82.7 Å². The molecule has 0 saturated carbocycles. The van der Waals surface area contributed by atoms with Gasteiger partial charge < -0.3 is 4.74 Å². The molecule has 0 amide bonds. The number of nitrogens with one attached hydrogen (secondary N) is 2. The second kappa shape index (κ2) is 11.6. The molecule has 7 nitrogen and oxygen atoms in total. The first-order valence-electron chi connectivity index (χ1n) is 10.7. The number of rotatable bonds is 8. The van der Waals surface area contributed by atoms with Gasteiger partial charge in [0.05, 0.1) is 11.9 Å². The number of nitrogens with zero attached hydrogens (tertiary/aromatic N) is 3. The maximum absolute atomic E-state index is 12.4. The molecule has 0 spiro atoms. The van der Waals surface area contributed by atoms with Gasteiger partial charge >= 0.3 is 0 Å². The molecule has 0 atom stereocenters. The van der Waals surface area contributed by atoms with Gasteiger partial charge in [0.15, 0.2) is 0 Å². The lowest BCUT2D eigenvalue weighted by Crippen LogP contribution is -2.16. The van der Waals surface area contributed by atoms with E-state index in [9.17, 15) is 10.1 Å². The molecular weight excluding hydrogens is 506 g/mol. The summed E-state index contributed by atoms with van der Waals surface area (Å²) in [6.07, 6.45) is 5.50. The van der Waals surface area contributed by atoms with E-state index >= 15 is 0 Å². The fourth-order valence-electron chi connectivity index (χ4n) is 3.24. The van der Waals surface area contributed by atoms with Crippen LogP contribution in [0.5, 0.6) is 5.75 Å². The van der Waals surface area contributed by atoms with Gasteiger partial charge in [0, 0.05) is 15.6 Å². The topological polar surface area (TPSA) is 103 Å². The Balaban J connectivity index is 1.50. The molecule has 2 N–H and O–H groups in total. The van der Waals surface area contributed by atoms with E-state index in [-0.39, 0.29) is 17.2 Å². The minimum Gasteiger partial charge on any atom is -0.489 e. The van der Waals surface area contributed by atoms with Gasteiger partial charge in [-0.2, -0.15) is 10.4 Å². The van der Waals surface area contributed by atoms with Crippen molar-refractivity contribution in [1.82, 2.24) is 9.97 Å². The van der Waals surface area contributed by atoms with Crippen LogP contribution in [0.1, 0.15) is 16.7 Å². The molecule has 4 rings (SSSR count). The third-order valence-electron chi connectivity index (χ3n) is 4.87.